The van der Waals surface area contributed by atoms with Gasteiger partial charge in [-0.2, -0.15) is 4.68 Å². The smallest absolute Gasteiger partial charge is 0.230 e. The first kappa shape index (κ1) is 23.6. The van der Waals surface area contributed by atoms with E-state index in [2.05, 4.69) is 38.0 Å². The first-order chi connectivity index (χ1) is 17.6. The minimum Gasteiger partial charge on any atom is -0.497 e. The normalized spacial score (nSPS) is 11.9. The molecule has 0 aliphatic carbocycles. The highest BCUT2D eigenvalue weighted by molar-refractivity contribution is 7.99. The number of aryl methyl sites for hydroxylation is 1. The van der Waals surface area contributed by atoms with Gasteiger partial charge in [0.25, 0.3) is 0 Å². The van der Waals surface area contributed by atoms with Crippen LogP contribution < -0.4 is 10.1 Å². The van der Waals surface area contributed by atoms with Gasteiger partial charge in [-0.05, 0) is 64.4 Å². The van der Waals surface area contributed by atoms with Gasteiger partial charge in [-0.1, -0.05) is 54.2 Å². The number of hydrogen-bond acceptors (Lipinski definition) is 6. The van der Waals surface area contributed by atoms with Crippen molar-refractivity contribution in [1.29, 1.82) is 0 Å². The molecule has 2 N–H and O–H groups in total. The van der Waals surface area contributed by atoms with E-state index in [0.717, 1.165) is 39.0 Å². The lowest BCUT2D eigenvalue weighted by molar-refractivity contribution is -0.118. The van der Waals surface area contributed by atoms with E-state index in [1.54, 1.807) is 11.8 Å². The van der Waals surface area contributed by atoms with Crippen LogP contribution >= 0.6 is 11.8 Å². The zero-order valence-electron chi connectivity index (χ0n) is 20.0. The van der Waals surface area contributed by atoms with Gasteiger partial charge in [0, 0.05) is 29.6 Å². The number of aromatic amines is 1. The molecule has 0 fully saturated rings. The van der Waals surface area contributed by atoms with Crippen molar-refractivity contribution in [2.24, 2.45) is 0 Å². The molecule has 0 bridgehead atoms. The molecule has 0 saturated carbocycles. The number of carbonyl (C=O) groups is 1. The summed E-state index contributed by atoms with van der Waals surface area (Å²) in [4.78, 5) is 16.2. The number of ether oxygens (including phenoxy) is 1. The van der Waals surface area contributed by atoms with Gasteiger partial charge in [0.05, 0.1) is 18.6 Å². The van der Waals surface area contributed by atoms with E-state index in [1.807, 2.05) is 73.8 Å². The first-order valence-corrected chi connectivity index (χ1v) is 12.6. The molecule has 0 saturated heterocycles. The summed E-state index contributed by atoms with van der Waals surface area (Å²) in [7, 11) is 1.65. The average molecular weight is 499 g/mol. The van der Waals surface area contributed by atoms with Crippen LogP contribution in [0.5, 0.6) is 5.75 Å². The van der Waals surface area contributed by atoms with E-state index in [4.69, 9.17) is 4.74 Å². The van der Waals surface area contributed by atoms with Gasteiger partial charge >= 0.3 is 0 Å². The predicted octanol–water partition coefficient (Wildman–Crippen LogP) is 4.50. The second-order valence-corrected chi connectivity index (χ2v) is 9.36. The van der Waals surface area contributed by atoms with E-state index in [0.29, 0.717) is 11.7 Å². The maximum atomic E-state index is 12.9. The number of H-pyrrole nitrogens is 1. The van der Waals surface area contributed by atoms with Crippen molar-refractivity contribution in [3.05, 3.63) is 95.7 Å². The van der Waals surface area contributed by atoms with Crippen LogP contribution in [0.25, 0.3) is 16.6 Å². The van der Waals surface area contributed by atoms with Crippen LogP contribution in [0.4, 0.5) is 0 Å². The molecule has 2 aromatic heterocycles. The van der Waals surface area contributed by atoms with E-state index >= 15 is 0 Å². The van der Waals surface area contributed by atoms with Crippen LogP contribution in [-0.2, 0) is 4.79 Å². The minimum atomic E-state index is -0.0860. The third-order valence-corrected chi connectivity index (χ3v) is 6.96. The summed E-state index contributed by atoms with van der Waals surface area (Å²) in [5, 5.41) is 16.8. The van der Waals surface area contributed by atoms with E-state index in [9.17, 15) is 4.79 Å². The Morgan fingerprint density at radius 1 is 1.11 bits per heavy atom. The fraction of sp³-hybridized carbons (Fsp3) is 0.185. The summed E-state index contributed by atoms with van der Waals surface area (Å²) >= 11 is 1.31. The number of tetrazole rings is 1. The number of benzene rings is 3. The van der Waals surface area contributed by atoms with Crippen molar-refractivity contribution >= 4 is 28.6 Å². The second kappa shape index (κ2) is 10.7. The molecule has 0 aliphatic rings. The maximum Gasteiger partial charge on any atom is 0.230 e. The highest BCUT2D eigenvalue weighted by Crippen LogP contribution is 2.31. The Labute approximate surface area is 213 Å². The van der Waals surface area contributed by atoms with Gasteiger partial charge < -0.3 is 15.0 Å². The Bertz CT molecular complexity index is 1480. The quantitative estimate of drug-likeness (QED) is 0.291. The summed E-state index contributed by atoms with van der Waals surface area (Å²) in [6.45, 7) is 2.47. The zero-order valence-corrected chi connectivity index (χ0v) is 20.8. The van der Waals surface area contributed by atoms with Crippen molar-refractivity contribution in [2.45, 2.75) is 18.0 Å². The molecule has 3 aromatic carbocycles. The average Bonchev–Trinajstić information content (AvgIpc) is 3.55. The monoisotopic (exact) mass is 498 g/mol. The van der Waals surface area contributed by atoms with Gasteiger partial charge in [-0.15, -0.1) is 5.10 Å². The molecule has 5 rings (SSSR count). The number of nitrogens with one attached hydrogen (secondary N) is 2. The summed E-state index contributed by atoms with van der Waals surface area (Å²) in [5.74, 6) is 0.883. The lowest BCUT2D eigenvalue weighted by Gasteiger charge is -2.18. The van der Waals surface area contributed by atoms with Crippen molar-refractivity contribution < 1.29 is 9.53 Å². The Hall–Kier alpha value is -4.11. The third kappa shape index (κ3) is 5.11. The third-order valence-electron chi connectivity index (χ3n) is 6.04. The van der Waals surface area contributed by atoms with Crippen LogP contribution in [0.3, 0.4) is 0 Å². The first-order valence-electron chi connectivity index (χ1n) is 11.6. The number of methoxy groups -OCH3 is 1. The van der Waals surface area contributed by atoms with E-state index in [1.165, 1.54) is 11.8 Å². The molecule has 8 nitrogen and oxygen atoms in total. The highest BCUT2D eigenvalue weighted by atomic mass is 32.2. The van der Waals surface area contributed by atoms with Gasteiger partial charge in [-0.25, -0.2) is 0 Å². The molecule has 0 aliphatic heterocycles. The molecular formula is C27H26N6O2S. The Kier molecular flexibility index (Phi) is 6.99. The van der Waals surface area contributed by atoms with Crippen molar-refractivity contribution in [3.8, 4) is 11.4 Å². The van der Waals surface area contributed by atoms with Crippen molar-refractivity contribution in [2.75, 3.05) is 19.4 Å². The Morgan fingerprint density at radius 3 is 2.75 bits per heavy atom. The number of fused-ring (bicyclic) bond motifs is 1. The molecule has 9 heteroatoms. The molecule has 1 amide bonds. The largest absolute Gasteiger partial charge is 0.497 e. The lowest BCUT2D eigenvalue weighted by atomic mass is 9.91. The highest BCUT2D eigenvalue weighted by Gasteiger charge is 2.20. The van der Waals surface area contributed by atoms with E-state index in [-0.39, 0.29) is 17.6 Å². The minimum absolute atomic E-state index is 0.0291. The number of carbonyl (C=O) groups excluding carboxylic acids is 1. The number of aromatic nitrogens is 5. The SMILES string of the molecule is COc1ccc(C(CNC(=O)CSc2nnnn2-c2cccc(C)c2)c2c[nH]c3ccccc23)cc1. The van der Waals surface area contributed by atoms with Gasteiger partial charge in [0.15, 0.2) is 0 Å². The van der Waals surface area contributed by atoms with Crippen LogP contribution in [0, 0.1) is 6.92 Å². The molecule has 2 heterocycles. The van der Waals surface area contributed by atoms with Crippen molar-refractivity contribution in [1.82, 2.24) is 30.5 Å². The fourth-order valence-corrected chi connectivity index (χ4v) is 4.93. The second-order valence-electron chi connectivity index (χ2n) is 8.42. The van der Waals surface area contributed by atoms with Crippen LogP contribution in [0.15, 0.2) is 84.1 Å². The Morgan fingerprint density at radius 2 is 1.94 bits per heavy atom. The summed E-state index contributed by atoms with van der Waals surface area (Å²) in [6.07, 6.45) is 2.02. The van der Waals surface area contributed by atoms with Crippen molar-refractivity contribution in [3.63, 3.8) is 0 Å². The number of hydrogen-bond donors (Lipinski definition) is 2. The molecule has 182 valence electrons. The number of rotatable bonds is 9. The number of para-hydroxylation sites is 1. The number of amides is 1. The predicted molar refractivity (Wildman–Crippen MR) is 141 cm³/mol. The molecular weight excluding hydrogens is 472 g/mol. The standard InChI is InChI=1S/C27H26N6O2S/c1-18-6-5-7-20(14-18)33-27(30-31-32-33)36-17-26(34)29-15-23(19-10-12-21(35-2)13-11-19)24-16-28-25-9-4-3-8-22(24)25/h3-14,16,23,28H,15,17H2,1-2H3,(H,29,34). The summed E-state index contributed by atoms with van der Waals surface area (Å²) < 4.78 is 6.98. The molecule has 1 unspecified atom stereocenters. The number of nitrogens with zero attached hydrogens (tertiary/aromatic N) is 4. The lowest BCUT2D eigenvalue weighted by Crippen LogP contribution is -2.30. The summed E-state index contributed by atoms with van der Waals surface area (Å²) in [6, 6.07) is 24.1. The Balaban J connectivity index is 1.30. The van der Waals surface area contributed by atoms with E-state index < -0.39 is 0 Å². The topological polar surface area (TPSA) is 97.7 Å². The van der Waals surface area contributed by atoms with Crippen LogP contribution in [0.1, 0.15) is 22.6 Å². The van der Waals surface area contributed by atoms with Crippen LogP contribution in [-0.4, -0.2) is 50.5 Å². The van der Waals surface area contributed by atoms with Gasteiger partial charge in [-0.3, -0.25) is 4.79 Å². The molecule has 36 heavy (non-hydrogen) atoms. The maximum absolute atomic E-state index is 12.9. The molecule has 1 atom stereocenters. The van der Waals surface area contributed by atoms with Gasteiger partial charge in [0.1, 0.15) is 5.75 Å². The zero-order chi connectivity index (χ0) is 24.9. The molecule has 5 aromatic rings. The van der Waals surface area contributed by atoms with Crippen LogP contribution in [0.2, 0.25) is 0 Å². The number of thioether (sulfide) groups is 1. The van der Waals surface area contributed by atoms with Gasteiger partial charge in [0.2, 0.25) is 11.1 Å². The fourth-order valence-electron chi connectivity index (χ4n) is 4.21. The molecule has 0 radical (unpaired) electrons. The molecule has 0 spiro atoms. The summed E-state index contributed by atoms with van der Waals surface area (Å²) in [5.41, 5.74) is 5.26.